The molecule has 2 aliphatic heterocycles. The molecule has 0 N–H and O–H groups in total. The fraction of sp³-hybridized carbons (Fsp3) is 0.217. The Hall–Kier alpha value is -2.50. The van der Waals surface area contributed by atoms with E-state index in [0.29, 0.717) is 5.15 Å². The molecule has 3 aromatic rings. The summed E-state index contributed by atoms with van der Waals surface area (Å²) in [6, 6.07) is 20.9. The highest BCUT2D eigenvalue weighted by molar-refractivity contribution is 8.17. The van der Waals surface area contributed by atoms with Crippen molar-refractivity contribution in [2.45, 2.75) is 0 Å². The van der Waals surface area contributed by atoms with E-state index >= 15 is 0 Å². The molecule has 1 saturated heterocycles. The van der Waals surface area contributed by atoms with Crippen LogP contribution in [0.4, 0.5) is 5.82 Å². The first-order chi connectivity index (χ1) is 14.2. The molecule has 0 unspecified atom stereocenters. The van der Waals surface area contributed by atoms with Gasteiger partial charge in [0.2, 0.25) is 0 Å². The zero-order chi connectivity index (χ0) is 19.6. The van der Waals surface area contributed by atoms with Crippen molar-refractivity contribution < 1.29 is 0 Å². The predicted octanol–water partition coefficient (Wildman–Crippen LogP) is 5.15. The van der Waals surface area contributed by atoms with Crippen LogP contribution in [0.1, 0.15) is 5.56 Å². The SMILES string of the molecule is Clc1cccc(N2CCN(C3=NCC(=Cc4ccc5ccccc5c4)S3)CC2)n1. The highest BCUT2D eigenvalue weighted by atomic mass is 35.5. The average Bonchev–Trinajstić information content (AvgIpc) is 3.22. The first kappa shape index (κ1) is 18.5. The van der Waals surface area contributed by atoms with Crippen molar-refractivity contribution in [3.63, 3.8) is 0 Å². The molecule has 6 heteroatoms. The molecule has 1 aromatic heterocycles. The number of fused-ring (bicyclic) bond motifs is 1. The van der Waals surface area contributed by atoms with E-state index in [0.717, 1.165) is 43.7 Å². The van der Waals surface area contributed by atoms with Crippen LogP contribution >= 0.6 is 23.4 Å². The summed E-state index contributed by atoms with van der Waals surface area (Å²) < 4.78 is 0. The van der Waals surface area contributed by atoms with Gasteiger partial charge in [-0.15, -0.1) is 0 Å². The molecule has 0 saturated carbocycles. The van der Waals surface area contributed by atoms with Crippen LogP contribution in [0.25, 0.3) is 16.8 Å². The summed E-state index contributed by atoms with van der Waals surface area (Å²) in [5.74, 6) is 0.954. The van der Waals surface area contributed by atoms with Gasteiger partial charge in [0.15, 0.2) is 5.17 Å². The summed E-state index contributed by atoms with van der Waals surface area (Å²) in [6.07, 6.45) is 2.26. The van der Waals surface area contributed by atoms with Crippen LogP contribution < -0.4 is 4.90 Å². The quantitative estimate of drug-likeness (QED) is 0.536. The molecule has 2 aromatic carbocycles. The van der Waals surface area contributed by atoms with E-state index in [1.54, 1.807) is 11.8 Å². The minimum Gasteiger partial charge on any atom is -0.353 e. The zero-order valence-electron chi connectivity index (χ0n) is 16.0. The van der Waals surface area contributed by atoms with Crippen LogP contribution in [0.3, 0.4) is 0 Å². The van der Waals surface area contributed by atoms with Gasteiger partial charge in [-0.25, -0.2) is 4.98 Å². The topological polar surface area (TPSA) is 31.7 Å². The zero-order valence-corrected chi connectivity index (χ0v) is 17.5. The van der Waals surface area contributed by atoms with Gasteiger partial charge in [-0.3, -0.25) is 4.99 Å². The molecular formula is C23H21ClN4S. The van der Waals surface area contributed by atoms with Crippen molar-refractivity contribution in [3.8, 4) is 0 Å². The molecule has 3 heterocycles. The van der Waals surface area contributed by atoms with Gasteiger partial charge >= 0.3 is 0 Å². The Morgan fingerprint density at radius 3 is 2.48 bits per heavy atom. The largest absolute Gasteiger partial charge is 0.353 e. The van der Waals surface area contributed by atoms with Crippen LogP contribution in [0.15, 0.2) is 70.6 Å². The number of aliphatic imine (C=N–C) groups is 1. The first-order valence-corrected chi connectivity index (χ1v) is 11.0. The number of benzene rings is 2. The van der Waals surface area contributed by atoms with Gasteiger partial charge in [-0.05, 0) is 40.6 Å². The third-order valence-corrected chi connectivity index (χ3v) is 6.56. The molecule has 0 atom stereocenters. The number of pyridine rings is 1. The minimum absolute atomic E-state index is 0.545. The van der Waals surface area contributed by atoms with Gasteiger partial charge in [0.05, 0.1) is 6.54 Å². The first-order valence-electron chi connectivity index (χ1n) is 9.79. The van der Waals surface area contributed by atoms with Crippen molar-refractivity contribution in [2.75, 3.05) is 37.6 Å². The molecule has 146 valence electrons. The number of anilines is 1. The summed E-state index contributed by atoms with van der Waals surface area (Å²) >= 11 is 7.83. The van der Waals surface area contributed by atoms with Gasteiger partial charge in [0, 0.05) is 31.1 Å². The van der Waals surface area contributed by atoms with E-state index in [4.69, 9.17) is 16.6 Å². The van der Waals surface area contributed by atoms with E-state index < -0.39 is 0 Å². The van der Waals surface area contributed by atoms with Crippen molar-refractivity contribution >= 4 is 51.2 Å². The molecule has 1 fully saturated rings. The van der Waals surface area contributed by atoms with Crippen LogP contribution in [-0.4, -0.2) is 47.8 Å². The smallest absolute Gasteiger partial charge is 0.164 e. The number of hydrogen-bond acceptors (Lipinski definition) is 5. The van der Waals surface area contributed by atoms with E-state index in [1.165, 1.54) is 21.2 Å². The Labute approximate surface area is 179 Å². The molecular weight excluding hydrogens is 400 g/mol. The standard InChI is InChI=1S/C23H21ClN4S/c24-21-6-3-7-22(26-21)27-10-12-28(13-11-27)23-25-16-20(29-23)15-17-8-9-18-4-1-2-5-19(18)14-17/h1-9,14-15H,10-13,16H2. The predicted molar refractivity (Wildman–Crippen MR) is 125 cm³/mol. The van der Waals surface area contributed by atoms with Gasteiger partial charge in [-0.2, -0.15) is 0 Å². The minimum atomic E-state index is 0.545. The third kappa shape index (κ3) is 4.11. The number of aromatic nitrogens is 1. The monoisotopic (exact) mass is 420 g/mol. The fourth-order valence-corrected chi connectivity index (χ4v) is 4.91. The lowest BCUT2D eigenvalue weighted by molar-refractivity contribution is 0.391. The molecule has 0 spiro atoms. The molecule has 2 aliphatic rings. The maximum absolute atomic E-state index is 6.03. The van der Waals surface area contributed by atoms with Crippen molar-refractivity contribution in [3.05, 3.63) is 76.3 Å². The Morgan fingerprint density at radius 1 is 0.862 bits per heavy atom. The Morgan fingerprint density at radius 2 is 1.66 bits per heavy atom. The maximum Gasteiger partial charge on any atom is 0.164 e. The van der Waals surface area contributed by atoms with E-state index in [-0.39, 0.29) is 0 Å². The molecule has 5 rings (SSSR count). The maximum atomic E-state index is 6.03. The van der Waals surface area contributed by atoms with Gasteiger partial charge in [-0.1, -0.05) is 65.8 Å². The molecule has 0 bridgehead atoms. The molecule has 4 nitrogen and oxygen atoms in total. The van der Waals surface area contributed by atoms with E-state index in [9.17, 15) is 0 Å². The molecule has 0 radical (unpaired) electrons. The Bertz CT molecular complexity index is 1100. The second-order valence-electron chi connectivity index (χ2n) is 7.21. The fourth-order valence-electron chi connectivity index (χ4n) is 3.75. The summed E-state index contributed by atoms with van der Waals surface area (Å²) in [6.45, 7) is 4.52. The van der Waals surface area contributed by atoms with Crippen LogP contribution in [0, 0.1) is 0 Å². The average molecular weight is 421 g/mol. The summed E-state index contributed by atoms with van der Waals surface area (Å²) in [7, 11) is 0. The Balaban J connectivity index is 1.22. The number of halogens is 1. The number of hydrogen-bond donors (Lipinski definition) is 0. The second kappa shape index (κ2) is 8.09. The summed E-state index contributed by atoms with van der Waals surface area (Å²) in [5.41, 5.74) is 1.24. The Kier molecular flexibility index (Phi) is 5.17. The number of amidine groups is 1. The normalized spacial score (nSPS) is 18.5. The highest BCUT2D eigenvalue weighted by Gasteiger charge is 2.24. The summed E-state index contributed by atoms with van der Waals surface area (Å²) in [4.78, 5) is 15.2. The summed E-state index contributed by atoms with van der Waals surface area (Å²) in [5, 5.41) is 4.23. The van der Waals surface area contributed by atoms with Crippen molar-refractivity contribution in [1.82, 2.24) is 9.88 Å². The number of nitrogens with zero attached hydrogens (tertiary/aromatic N) is 4. The molecule has 0 amide bonds. The van der Waals surface area contributed by atoms with E-state index in [2.05, 4.69) is 63.3 Å². The van der Waals surface area contributed by atoms with Crippen molar-refractivity contribution in [2.24, 2.45) is 4.99 Å². The van der Waals surface area contributed by atoms with Gasteiger partial charge in [0.1, 0.15) is 11.0 Å². The molecule has 0 aliphatic carbocycles. The lowest BCUT2D eigenvalue weighted by Gasteiger charge is -2.36. The molecule has 29 heavy (non-hydrogen) atoms. The van der Waals surface area contributed by atoms with Crippen LogP contribution in [0.2, 0.25) is 5.15 Å². The number of rotatable bonds is 2. The highest BCUT2D eigenvalue weighted by Crippen LogP contribution is 2.30. The van der Waals surface area contributed by atoms with Crippen LogP contribution in [0.5, 0.6) is 0 Å². The third-order valence-electron chi connectivity index (χ3n) is 5.27. The lowest BCUT2D eigenvalue weighted by atomic mass is 10.1. The number of piperazine rings is 1. The second-order valence-corrected chi connectivity index (χ2v) is 8.69. The van der Waals surface area contributed by atoms with E-state index in [1.807, 2.05) is 18.2 Å². The number of thioether (sulfide) groups is 1. The van der Waals surface area contributed by atoms with Crippen molar-refractivity contribution in [1.29, 1.82) is 0 Å². The lowest BCUT2D eigenvalue weighted by Crippen LogP contribution is -2.48. The van der Waals surface area contributed by atoms with Gasteiger partial charge in [0.25, 0.3) is 0 Å². The van der Waals surface area contributed by atoms with Gasteiger partial charge < -0.3 is 9.80 Å². The van der Waals surface area contributed by atoms with Crippen LogP contribution in [-0.2, 0) is 0 Å².